The number of piperidine rings is 1. The van der Waals surface area contributed by atoms with Gasteiger partial charge in [-0.15, -0.1) is 0 Å². The number of rotatable bonds is 5. The van der Waals surface area contributed by atoms with Gasteiger partial charge in [-0.1, -0.05) is 6.07 Å². The Morgan fingerprint density at radius 3 is 2.70 bits per heavy atom. The molecule has 1 aromatic carbocycles. The minimum atomic E-state index is -0.284. The van der Waals surface area contributed by atoms with E-state index in [1.54, 1.807) is 18.2 Å². The molecule has 0 aliphatic carbocycles. The molecule has 2 aliphatic heterocycles. The Morgan fingerprint density at radius 2 is 2.07 bits per heavy atom. The van der Waals surface area contributed by atoms with Gasteiger partial charge in [0.1, 0.15) is 11.4 Å². The average Bonchev–Trinajstić information content (AvgIpc) is 3.26. The van der Waals surface area contributed by atoms with E-state index in [1.807, 2.05) is 30.1 Å². The lowest BCUT2D eigenvalue weighted by Gasteiger charge is -2.37. The van der Waals surface area contributed by atoms with Crippen molar-refractivity contribution in [2.75, 3.05) is 33.8 Å². The van der Waals surface area contributed by atoms with Crippen LogP contribution >= 0.6 is 0 Å². The first-order valence-corrected chi connectivity index (χ1v) is 9.37. The number of benzene rings is 1. The van der Waals surface area contributed by atoms with E-state index < -0.39 is 0 Å². The van der Waals surface area contributed by atoms with Crippen LogP contribution in [0.5, 0.6) is 5.75 Å². The number of likely N-dealkylation sites (tertiary alicyclic amines) is 1. The van der Waals surface area contributed by atoms with Crippen LogP contribution in [0.1, 0.15) is 24.0 Å². The highest BCUT2D eigenvalue weighted by Crippen LogP contribution is 2.33. The van der Waals surface area contributed by atoms with E-state index in [0.717, 1.165) is 43.8 Å². The molecule has 7 heteroatoms. The summed E-state index contributed by atoms with van der Waals surface area (Å²) in [4.78, 5) is 15.8. The zero-order valence-electron chi connectivity index (χ0n) is 15.9. The molecule has 3 heterocycles. The van der Waals surface area contributed by atoms with Crippen molar-refractivity contribution in [3.8, 4) is 5.75 Å². The lowest BCUT2D eigenvalue weighted by atomic mass is 9.91. The average molecular weight is 370 g/mol. The summed E-state index contributed by atoms with van der Waals surface area (Å²) in [6.07, 6.45) is 5.32. The van der Waals surface area contributed by atoms with Crippen LogP contribution in [0.15, 0.2) is 36.7 Å². The maximum atomic E-state index is 11.7. The molecule has 0 bridgehead atoms. The molecule has 144 valence electrons. The molecule has 0 atom stereocenters. The van der Waals surface area contributed by atoms with Crippen LogP contribution in [0.4, 0.5) is 4.79 Å². The third-order valence-electron chi connectivity index (χ3n) is 5.55. The van der Waals surface area contributed by atoms with E-state index >= 15 is 0 Å². The van der Waals surface area contributed by atoms with Gasteiger partial charge in [0.25, 0.3) is 0 Å². The third kappa shape index (κ3) is 3.78. The van der Waals surface area contributed by atoms with Crippen LogP contribution in [0, 0.1) is 0 Å². The van der Waals surface area contributed by atoms with Crippen LogP contribution in [-0.4, -0.2) is 65.1 Å². The molecule has 2 saturated heterocycles. The van der Waals surface area contributed by atoms with Gasteiger partial charge in [0, 0.05) is 57.5 Å². The maximum absolute atomic E-state index is 11.7. The number of nitrogens with zero attached hydrogens (tertiary/aromatic N) is 4. The Balaban J connectivity index is 1.40. The first kappa shape index (κ1) is 17.9. The molecule has 0 N–H and O–H groups in total. The van der Waals surface area contributed by atoms with Gasteiger partial charge in [0.2, 0.25) is 0 Å². The number of amides is 1. The van der Waals surface area contributed by atoms with Crippen molar-refractivity contribution in [1.29, 1.82) is 0 Å². The van der Waals surface area contributed by atoms with E-state index in [-0.39, 0.29) is 11.7 Å². The molecular formula is C20H26N4O3. The predicted octanol–water partition coefficient (Wildman–Crippen LogP) is 2.36. The topological polar surface area (TPSA) is 59.8 Å². The molecular weight excluding hydrogens is 344 g/mol. The molecule has 7 nitrogen and oxygen atoms in total. The number of carbonyl (C=O) groups excluding carboxylic acids is 1. The lowest BCUT2D eigenvalue weighted by Crippen LogP contribution is -2.46. The van der Waals surface area contributed by atoms with Gasteiger partial charge in [0.15, 0.2) is 0 Å². The summed E-state index contributed by atoms with van der Waals surface area (Å²) >= 11 is 0. The van der Waals surface area contributed by atoms with Crippen molar-refractivity contribution in [3.05, 3.63) is 47.8 Å². The fraction of sp³-hybridized carbons (Fsp3) is 0.500. The maximum Gasteiger partial charge on any atom is 0.410 e. The summed E-state index contributed by atoms with van der Waals surface area (Å²) in [6, 6.07) is 8.29. The number of hydrogen-bond donors (Lipinski definition) is 0. The number of hydrogen-bond acceptors (Lipinski definition) is 5. The molecule has 1 spiro atoms. The monoisotopic (exact) mass is 370 g/mol. The Morgan fingerprint density at radius 1 is 1.26 bits per heavy atom. The Hall–Kier alpha value is -2.54. The van der Waals surface area contributed by atoms with Crippen molar-refractivity contribution in [3.63, 3.8) is 0 Å². The SMILES string of the molecule is COc1ccc(CN2CCC3(CC2)CN(C)C(=O)O3)cc1Cn1cccn1. The Kier molecular flexibility index (Phi) is 4.78. The van der Waals surface area contributed by atoms with Gasteiger partial charge in [-0.05, 0) is 23.8 Å². The highest BCUT2D eigenvalue weighted by atomic mass is 16.6. The molecule has 1 aromatic heterocycles. The summed E-state index contributed by atoms with van der Waals surface area (Å²) < 4.78 is 13.1. The summed E-state index contributed by atoms with van der Waals surface area (Å²) in [7, 11) is 3.51. The minimum Gasteiger partial charge on any atom is -0.496 e. The fourth-order valence-electron chi connectivity index (χ4n) is 4.05. The molecule has 27 heavy (non-hydrogen) atoms. The number of methoxy groups -OCH3 is 1. The van der Waals surface area contributed by atoms with Gasteiger partial charge < -0.3 is 14.4 Å². The van der Waals surface area contributed by atoms with E-state index in [0.29, 0.717) is 13.1 Å². The van der Waals surface area contributed by atoms with Gasteiger partial charge >= 0.3 is 6.09 Å². The molecule has 2 aliphatic rings. The molecule has 1 amide bonds. The minimum absolute atomic E-state index is 0.193. The van der Waals surface area contributed by atoms with Crippen LogP contribution in [0.3, 0.4) is 0 Å². The number of ether oxygens (including phenoxy) is 2. The Bertz CT molecular complexity index is 798. The number of carbonyl (C=O) groups is 1. The van der Waals surface area contributed by atoms with Crippen molar-refractivity contribution >= 4 is 6.09 Å². The molecule has 0 saturated carbocycles. The van der Waals surface area contributed by atoms with E-state index in [2.05, 4.69) is 22.1 Å². The standard InChI is InChI=1S/C20H26N4O3/c1-22-15-20(27-19(22)25)6-10-23(11-7-20)13-16-4-5-18(26-2)17(12-16)14-24-9-3-8-21-24/h3-5,8-9,12H,6-7,10-11,13-15H2,1-2H3. The van der Waals surface area contributed by atoms with Crippen molar-refractivity contribution in [2.24, 2.45) is 0 Å². The fourth-order valence-corrected chi connectivity index (χ4v) is 4.05. The van der Waals surface area contributed by atoms with Crippen molar-refractivity contribution in [2.45, 2.75) is 31.5 Å². The highest BCUT2D eigenvalue weighted by molar-refractivity contribution is 5.70. The van der Waals surface area contributed by atoms with Crippen LogP contribution in [-0.2, 0) is 17.8 Å². The largest absolute Gasteiger partial charge is 0.496 e. The number of aromatic nitrogens is 2. The second-order valence-electron chi connectivity index (χ2n) is 7.53. The second-order valence-corrected chi connectivity index (χ2v) is 7.53. The van der Waals surface area contributed by atoms with E-state index in [4.69, 9.17) is 9.47 Å². The second kappa shape index (κ2) is 7.23. The van der Waals surface area contributed by atoms with E-state index in [9.17, 15) is 4.79 Å². The molecule has 4 rings (SSSR count). The first-order chi connectivity index (χ1) is 13.1. The normalized spacial score (nSPS) is 19.5. The van der Waals surface area contributed by atoms with Gasteiger partial charge in [0.05, 0.1) is 20.2 Å². The zero-order valence-corrected chi connectivity index (χ0v) is 15.9. The Labute approximate surface area is 159 Å². The quantitative estimate of drug-likeness (QED) is 0.809. The van der Waals surface area contributed by atoms with E-state index in [1.165, 1.54) is 5.56 Å². The summed E-state index contributed by atoms with van der Waals surface area (Å²) in [5.74, 6) is 0.882. The molecule has 2 fully saturated rings. The van der Waals surface area contributed by atoms with Crippen LogP contribution in [0.25, 0.3) is 0 Å². The van der Waals surface area contributed by atoms with Gasteiger partial charge in [-0.25, -0.2) is 4.79 Å². The molecule has 0 radical (unpaired) electrons. The molecule has 0 unspecified atom stereocenters. The molecule has 2 aromatic rings. The summed E-state index contributed by atoms with van der Waals surface area (Å²) in [5.41, 5.74) is 2.10. The predicted molar refractivity (Wildman–Crippen MR) is 101 cm³/mol. The summed E-state index contributed by atoms with van der Waals surface area (Å²) in [6.45, 7) is 4.14. The van der Waals surface area contributed by atoms with Crippen LogP contribution in [0.2, 0.25) is 0 Å². The van der Waals surface area contributed by atoms with Gasteiger partial charge in [-0.2, -0.15) is 5.10 Å². The third-order valence-corrected chi connectivity index (χ3v) is 5.55. The first-order valence-electron chi connectivity index (χ1n) is 9.37. The highest BCUT2D eigenvalue weighted by Gasteiger charge is 2.45. The number of likely N-dealkylation sites (N-methyl/N-ethyl adjacent to an activating group) is 1. The lowest BCUT2D eigenvalue weighted by molar-refractivity contribution is -0.00120. The van der Waals surface area contributed by atoms with Gasteiger partial charge in [-0.3, -0.25) is 9.58 Å². The smallest absolute Gasteiger partial charge is 0.410 e. The van der Waals surface area contributed by atoms with Crippen LogP contribution < -0.4 is 4.74 Å². The zero-order chi connectivity index (χ0) is 18.9. The summed E-state index contributed by atoms with van der Waals surface area (Å²) in [5, 5.41) is 4.29. The van der Waals surface area contributed by atoms with Crippen molar-refractivity contribution < 1.29 is 14.3 Å². The van der Waals surface area contributed by atoms with Crippen molar-refractivity contribution in [1.82, 2.24) is 19.6 Å².